The normalized spacial score (nSPS) is 16.3. The van der Waals surface area contributed by atoms with Crippen molar-refractivity contribution in [3.63, 3.8) is 0 Å². The topological polar surface area (TPSA) is 84.1 Å². The van der Waals surface area contributed by atoms with Crippen LogP contribution in [0.15, 0.2) is 12.3 Å². The zero-order valence-electron chi connectivity index (χ0n) is 9.60. The van der Waals surface area contributed by atoms with Gasteiger partial charge in [-0.05, 0) is 24.8 Å². The van der Waals surface area contributed by atoms with E-state index in [1.165, 1.54) is 13.3 Å². The van der Waals surface area contributed by atoms with Crippen LogP contribution in [0.25, 0.3) is 0 Å². The van der Waals surface area contributed by atoms with Crippen molar-refractivity contribution in [2.75, 3.05) is 7.11 Å². The molecule has 2 N–H and O–H groups in total. The van der Waals surface area contributed by atoms with Gasteiger partial charge < -0.3 is 10.1 Å². The number of carbonyl (C=O) groups is 2. The third-order valence-corrected chi connectivity index (χ3v) is 2.87. The molecule has 1 fully saturated rings. The Hall–Kier alpha value is -1.85. The van der Waals surface area contributed by atoms with Gasteiger partial charge in [-0.25, -0.2) is 0 Å². The first-order valence-corrected chi connectivity index (χ1v) is 5.57. The molecule has 1 amide bonds. The van der Waals surface area contributed by atoms with E-state index in [1.54, 1.807) is 6.07 Å². The lowest BCUT2D eigenvalue weighted by Crippen LogP contribution is -2.38. The SMILES string of the molecule is COC(=O)CC(NC(=O)c1ccn[nH]1)C1CC1. The van der Waals surface area contributed by atoms with Gasteiger partial charge >= 0.3 is 5.97 Å². The number of rotatable bonds is 5. The summed E-state index contributed by atoms with van der Waals surface area (Å²) in [6, 6.07) is 1.45. The third-order valence-electron chi connectivity index (χ3n) is 2.87. The molecular weight excluding hydrogens is 222 g/mol. The molecule has 0 bridgehead atoms. The van der Waals surface area contributed by atoms with E-state index in [4.69, 9.17) is 0 Å². The molecule has 0 spiro atoms. The Kier molecular flexibility index (Phi) is 3.41. The van der Waals surface area contributed by atoms with E-state index >= 15 is 0 Å². The molecule has 17 heavy (non-hydrogen) atoms. The van der Waals surface area contributed by atoms with Gasteiger partial charge in [-0.3, -0.25) is 14.7 Å². The molecule has 1 heterocycles. The molecule has 92 valence electrons. The Balaban J connectivity index is 1.93. The molecule has 2 rings (SSSR count). The van der Waals surface area contributed by atoms with E-state index in [0.717, 1.165) is 12.8 Å². The molecule has 1 aromatic rings. The summed E-state index contributed by atoms with van der Waals surface area (Å²) in [6.07, 6.45) is 3.83. The maximum Gasteiger partial charge on any atom is 0.307 e. The van der Waals surface area contributed by atoms with Crippen LogP contribution in [0.4, 0.5) is 0 Å². The lowest BCUT2D eigenvalue weighted by molar-refractivity contribution is -0.141. The first-order chi connectivity index (χ1) is 8.20. The van der Waals surface area contributed by atoms with Crippen LogP contribution in [-0.2, 0) is 9.53 Å². The Morgan fingerprint density at radius 3 is 2.94 bits per heavy atom. The first kappa shape index (κ1) is 11.6. The smallest absolute Gasteiger partial charge is 0.307 e. The number of ether oxygens (including phenoxy) is 1. The molecule has 1 unspecified atom stereocenters. The summed E-state index contributed by atoms with van der Waals surface area (Å²) in [7, 11) is 1.35. The minimum atomic E-state index is -0.299. The van der Waals surface area contributed by atoms with Crippen molar-refractivity contribution in [3.05, 3.63) is 18.0 Å². The number of nitrogens with zero attached hydrogens (tertiary/aromatic N) is 1. The number of carbonyl (C=O) groups excluding carboxylic acids is 2. The van der Waals surface area contributed by atoms with E-state index in [1.807, 2.05) is 0 Å². The van der Waals surface area contributed by atoms with E-state index in [-0.39, 0.29) is 24.3 Å². The number of hydrogen-bond donors (Lipinski definition) is 2. The number of hydrogen-bond acceptors (Lipinski definition) is 4. The standard InChI is InChI=1S/C11H15N3O3/c1-17-10(15)6-9(7-2-3-7)13-11(16)8-4-5-12-14-8/h4-5,7,9H,2-3,6H2,1H3,(H,12,14)(H,13,16). The van der Waals surface area contributed by atoms with Crippen LogP contribution in [0.1, 0.15) is 29.8 Å². The fourth-order valence-corrected chi connectivity index (χ4v) is 1.73. The summed E-state index contributed by atoms with van der Waals surface area (Å²) in [5, 5.41) is 9.14. The number of methoxy groups -OCH3 is 1. The predicted octanol–water partition coefficient (Wildman–Crippen LogP) is 0.481. The lowest BCUT2D eigenvalue weighted by Gasteiger charge is -2.16. The monoisotopic (exact) mass is 237 g/mol. The van der Waals surface area contributed by atoms with Gasteiger partial charge in [0.1, 0.15) is 5.69 Å². The lowest BCUT2D eigenvalue weighted by atomic mass is 10.1. The maximum absolute atomic E-state index is 11.8. The van der Waals surface area contributed by atoms with Crippen LogP contribution in [0, 0.1) is 5.92 Å². The predicted molar refractivity (Wildman–Crippen MR) is 59.2 cm³/mol. The van der Waals surface area contributed by atoms with Crippen molar-refractivity contribution in [3.8, 4) is 0 Å². The molecule has 1 aromatic heterocycles. The van der Waals surface area contributed by atoms with Crippen LogP contribution in [0.2, 0.25) is 0 Å². The Bertz CT molecular complexity index is 398. The molecule has 0 radical (unpaired) electrons. The minimum Gasteiger partial charge on any atom is -0.469 e. The molecule has 1 aliphatic rings. The van der Waals surface area contributed by atoms with Crippen molar-refractivity contribution < 1.29 is 14.3 Å². The summed E-state index contributed by atoms with van der Waals surface area (Å²) in [4.78, 5) is 23.0. The van der Waals surface area contributed by atoms with E-state index in [2.05, 4.69) is 20.3 Å². The van der Waals surface area contributed by atoms with Gasteiger partial charge in [0.25, 0.3) is 5.91 Å². The number of amides is 1. The van der Waals surface area contributed by atoms with Crippen LogP contribution in [0.3, 0.4) is 0 Å². The largest absolute Gasteiger partial charge is 0.469 e. The quantitative estimate of drug-likeness (QED) is 0.729. The van der Waals surface area contributed by atoms with Crippen molar-refractivity contribution in [1.29, 1.82) is 0 Å². The Morgan fingerprint density at radius 2 is 2.41 bits per heavy atom. The average molecular weight is 237 g/mol. The van der Waals surface area contributed by atoms with Crippen LogP contribution in [-0.4, -0.2) is 35.2 Å². The van der Waals surface area contributed by atoms with Gasteiger partial charge in [0.15, 0.2) is 0 Å². The second-order valence-electron chi connectivity index (χ2n) is 4.17. The van der Waals surface area contributed by atoms with E-state index in [9.17, 15) is 9.59 Å². The number of H-pyrrole nitrogens is 1. The van der Waals surface area contributed by atoms with Gasteiger partial charge in [-0.2, -0.15) is 5.10 Å². The van der Waals surface area contributed by atoms with Crippen LogP contribution in [0.5, 0.6) is 0 Å². The molecule has 0 aromatic carbocycles. The summed E-state index contributed by atoms with van der Waals surface area (Å²) in [5.41, 5.74) is 0.403. The second kappa shape index (κ2) is 4.99. The number of aromatic amines is 1. The molecule has 1 aliphatic carbocycles. The van der Waals surface area contributed by atoms with Crippen LogP contribution < -0.4 is 5.32 Å². The molecule has 1 saturated carbocycles. The van der Waals surface area contributed by atoms with Crippen molar-refractivity contribution >= 4 is 11.9 Å². The summed E-state index contributed by atoms with van der Waals surface area (Å²) in [6.45, 7) is 0. The second-order valence-corrected chi connectivity index (χ2v) is 4.17. The van der Waals surface area contributed by atoms with Gasteiger partial charge in [-0.15, -0.1) is 0 Å². The number of aromatic nitrogens is 2. The van der Waals surface area contributed by atoms with Crippen molar-refractivity contribution in [2.24, 2.45) is 5.92 Å². The molecule has 6 heteroatoms. The summed E-state index contributed by atoms with van der Waals surface area (Å²) < 4.78 is 4.62. The number of nitrogens with one attached hydrogen (secondary N) is 2. The highest BCUT2D eigenvalue weighted by Gasteiger charge is 2.34. The molecule has 1 atom stereocenters. The van der Waals surface area contributed by atoms with Gasteiger partial charge in [0.2, 0.25) is 0 Å². The highest BCUT2D eigenvalue weighted by molar-refractivity contribution is 5.92. The molecule has 0 aliphatic heterocycles. The van der Waals surface area contributed by atoms with E-state index in [0.29, 0.717) is 11.6 Å². The summed E-state index contributed by atoms with van der Waals surface area (Å²) in [5.74, 6) is -0.143. The van der Waals surface area contributed by atoms with Gasteiger partial charge in [-0.1, -0.05) is 0 Å². The summed E-state index contributed by atoms with van der Waals surface area (Å²) >= 11 is 0. The molecular formula is C11H15N3O3. The fourth-order valence-electron chi connectivity index (χ4n) is 1.73. The van der Waals surface area contributed by atoms with Gasteiger partial charge in [0.05, 0.1) is 13.5 Å². The average Bonchev–Trinajstić information content (AvgIpc) is 3.02. The zero-order chi connectivity index (χ0) is 12.3. The highest BCUT2D eigenvalue weighted by Crippen LogP contribution is 2.34. The molecule has 0 saturated heterocycles. The third kappa shape index (κ3) is 3.05. The van der Waals surface area contributed by atoms with Crippen LogP contribution >= 0.6 is 0 Å². The van der Waals surface area contributed by atoms with Crippen molar-refractivity contribution in [2.45, 2.75) is 25.3 Å². The first-order valence-electron chi connectivity index (χ1n) is 5.57. The Labute approximate surface area is 98.7 Å². The minimum absolute atomic E-state index is 0.141. The van der Waals surface area contributed by atoms with Gasteiger partial charge in [0, 0.05) is 12.2 Å². The molecule has 6 nitrogen and oxygen atoms in total. The zero-order valence-corrected chi connectivity index (χ0v) is 9.60. The Morgan fingerprint density at radius 1 is 1.65 bits per heavy atom. The highest BCUT2D eigenvalue weighted by atomic mass is 16.5. The maximum atomic E-state index is 11.8. The fraction of sp³-hybridized carbons (Fsp3) is 0.545. The van der Waals surface area contributed by atoms with E-state index < -0.39 is 0 Å². The van der Waals surface area contributed by atoms with Crippen molar-refractivity contribution in [1.82, 2.24) is 15.5 Å². The number of esters is 1.